The molecule has 0 aliphatic carbocycles. The lowest BCUT2D eigenvalue weighted by molar-refractivity contribution is 1.56. The quantitative estimate of drug-likeness (QED) is 0.610. The number of hydrogen-bond acceptors (Lipinski definition) is 2. The van der Waals surface area contributed by atoms with Gasteiger partial charge in [0.05, 0.1) is 4.34 Å². The van der Waals surface area contributed by atoms with Crippen molar-refractivity contribution in [1.82, 2.24) is 0 Å². The molecule has 0 radical (unpaired) electrons. The van der Waals surface area contributed by atoms with Gasteiger partial charge in [-0.3, -0.25) is 0 Å². The molecular weight excluding hydrogens is 208 g/mol. The number of hydrogen-bond donors (Lipinski definition) is 0. The fourth-order valence-corrected chi connectivity index (χ4v) is 1.90. The standard InChI is InChI=1S/C5H5ClS.C4H4S/c1-4-2-3-7-5(4)6;1-2-4-5-3-1/h2-3H,1H3;1-4H. The van der Waals surface area contributed by atoms with Gasteiger partial charge in [-0.1, -0.05) is 23.7 Å². The molecule has 0 aliphatic heterocycles. The van der Waals surface area contributed by atoms with E-state index in [2.05, 4.69) is 0 Å². The second-order valence-corrected chi connectivity index (χ2v) is 4.51. The summed E-state index contributed by atoms with van der Waals surface area (Å²) in [5, 5.41) is 6.07. The van der Waals surface area contributed by atoms with Crippen LogP contribution >= 0.6 is 34.3 Å². The largest absolute Gasteiger partial charge is 0.152 e. The van der Waals surface area contributed by atoms with E-state index in [0.717, 1.165) is 4.34 Å². The topological polar surface area (TPSA) is 0 Å². The normalized spacial score (nSPS) is 8.83. The van der Waals surface area contributed by atoms with E-state index in [1.807, 2.05) is 41.3 Å². The van der Waals surface area contributed by atoms with Crippen LogP contribution in [0.3, 0.4) is 0 Å². The second-order valence-electron chi connectivity index (χ2n) is 2.17. The van der Waals surface area contributed by atoms with Gasteiger partial charge in [-0.05, 0) is 34.7 Å². The van der Waals surface area contributed by atoms with Crippen molar-refractivity contribution < 1.29 is 0 Å². The van der Waals surface area contributed by atoms with Gasteiger partial charge in [-0.15, -0.1) is 11.3 Å². The molecule has 0 saturated carbocycles. The van der Waals surface area contributed by atoms with Crippen LogP contribution < -0.4 is 0 Å². The molecular formula is C9H9ClS2. The molecule has 64 valence electrons. The van der Waals surface area contributed by atoms with Crippen molar-refractivity contribution >= 4 is 34.3 Å². The zero-order chi connectivity index (χ0) is 8.81. The number of aryl methyl sites for hydroxylation is 1. The van der Waals surface area contributed by atoms with Crippen LogP contribution in [0.15, 0.2) is 34.3 Å². The fraction of sp³-hybridized carbons (Fsp3) is 0.111. The summed E-state index contributed by atoms with van der Waals surface area (Å²) < 4.78 is 0.903. The van der Waals surface area contributed by atoms with Crippen LogP contribution in [0.1, 0.15) is 5.56 Å². The minimum atomic E-state index is 0.903. The predicted octanol–water partition coefficient (Wildman–Crippen LogP) is 4.46. The van der Waals surface area contributed by atoms with Crippen LogP contribution in [0, 0.1) is 6.92 Å². The van der Waals surface area contributed by atoms with Gasteiger partial charge in [0.25, 0.3) is 0 Å². The van der Waals surface area contributed by atoms with Crippen molar-refractivity contribution in [3.63, 3.8) is 0 Å². The lowest BCUT2D eigenvalue weighted by Gasteiger charge is -1.76. The summed E-state index contributed by atoms with van der Waals surface area (Å²) in [4.78, 5) is 0. The van der Waals surface area contributed by atoms with Crippen molar-refractivity contribution in [3.8, 4) is 0 Å². The lowest BCUT2D eigenvalue weighted by Crippen LogP contribution is -1.54. The molecule has 0 N–H and O–H groups in total. The van der Waals surface area contributed by atoms with E-state index in [-0.39, 0.29) is 0 Å². The van der Waals surface area contributed by atoms with E-state index < -0.39 is 0 Å². The van der Waals surface area contributed by atoms with Crippen LogP contribution in [-0.4, -0.2) is 0 Å². The van der Waals surface area contributed by atoms with Crippen LogP contribution in [-0.2, 0) is 0 Å². The van der Waals surface area contributed by atoms with Crippen LogP contribution in [0.5, 0.6) is 0 Å². The molecule has 0 aliphatic rings. The molecule has 0 unspecified atom stereocenters. The summed E-state index contributed by atoms with van der Waals surface area (Å²) in [6.45, 7) is 2.00. The zero-order valence-electron chi connectivity index (χ0n) is 6.66. The highest BCUT2D eigenvalue weighted by Gasteiger charge is 1.89. The first-order valence-corrected chi connectivity index (χ1v) is 5.67. The molecule has 0 spiro atoms. The Morgan fingerprint density at radius 2 is 1.83 bits per heavy atom. The first-order valence-electron chi connectivity index (χ1n) is 3.47. The third-order valence-electron chi connectivity index (χ3n) is 1.22. The summed E-state index contributed by atoms with van der Waals surface area (Å²) in [7, 11) is 0. The van der Waals surface area contributed by atoms with Gasteiger partial charge in [0, 0.05) is 0 Å². The Morgan fingerprint density at radius 3 is 2.00 bits per heavy atom. The summed E-state index contributed by atoms with van der Waals surface area (Å²) in [5.74, 6) is 0. The Bertz CT molecular complexity index is 264. The number of rotatable bonds is 0. The number of thiophene rings is 2. The van der Waals surface area contributed by atoms with E-state index >= 15 is 0 Å². The molecule has 12 heavy (non-hydrogen) atoms. The van der Waals surface area contributed by atoms with Gasteiger partial charge in [0.1, 0.15) is 0 Å². The van der Waals surface area contributed by atoms with Crippen LogP contribution in [0.4, 0.5) is 0 Å². The van der Waals surface area contributed by atoms with E-state index in [9.17, 15) is 0 Å². The molecule has 0 atom stereocenters. The van der Waals surface area contributed by atoms with Crippen LogP contribution in [0.25, 0.3) is 0 Å². The Kier molecular flexibility index (Phi) is 4.36. The van der Waals surface area contributed by atoms with E-state index in [1.165, 1.54) is 5.56 Å². The highest BCUT2D eigenvalue weighted by molar-refractivity contribution is 7.14. The van der Waals surface area contributed by atoms with Gasteiger partial charge >= 0.3 is 0 Å². The maximum atomic E-state index is 5.64. The predicted molar refractivity (Wildman–Crippen MR) is 58.4 cm³/mol. The average molecular weight is 217 g/mol. The molecule has 2 rings (SSSR count). The maximum absolute atomic E-state index is 5.64. The van der Waals surface area contributed by atoms with Crippen LogP contribution in [0.2, 0.25) is 4.34 Å². The van der Waals surface area contributed by atoms with E-state index in [4.69, 9.17) is 11.6 Å². The van der Waals surface area contributed by atoms with Crippen molar-refractivity contribution in [1.29, 1.82) is 0 Å². The number of halogens is 1. The van der Waals surface area contributed by atoms with Gasteiger partial charge in [-0.2, -0.15) is 11.3 Å². The Hall–Kier alpha value is -0.310. The third-order valence-corrected chi connectivity index (χ3v) is 3.22. The molecule has 0 saturated heterocycles. The van der Waals surface area contributed by atoms with Gasteiger partial charge in [0.15, 0.2) is 0 Å². The molecule has 0 aromatic carbocycles. The minimum Gasteiger partial charge on any atom is -0.152 e. The summed E-state index contributed by atoms with van der Waals surface area (Å²) in [5.41, 5.74) is 1.17. The highest BCUT2D eigenvalue weighted by Crippen LogP contribution is 2.20. The van der Waals surface area contributed by atoms with Gasteiger partial charge < -0.3 is 0 Å². The summed E-state index contributed by atoms with van der Waals surface area (Å²) >= 11 is 8.93. The molecule has 0 amide bonds. The van der Waals surface area contributed by atoms with E-state index in [1.54, 1.807) is 22.7 Å². The van der Waals surface area contributed by atoms with Gasteiger partial charge in [0.2, 0.25) is 0 Å². The molecule has 2 aromatic rings. The van der Waals surface area contributed by atoms with Gasteiger partial charge in [-0.25, -0.2) is 0 Å². The second kappa shape index (κ2) is 5.36. The molecule has 0 bridgehead atoms. The fourth-order valence-electron chi connectivity index (χ4n) is 0.581. The lowest BCUT2D eigenvalue weighted by atomic mass is 10.4. The Morgan fingerprint density at radius 1 is 1.17 bits per heavy atom. The maximum Gasteiger partial charge on any atom is 0.0957 e. The van der Waals surface area contributed by atoms with Crippen molar-refractivity contribution in [2.24, 2.45) is 0 Å². The first kappa shape index (κ1) is 9.78. The Labute approximate surface area is 85.4 Å². The average Bonchev–Trinajstić information content (AvgIpc) is 2.67. The Balaban J connectivity index is 0.000000127. The molecule has 0 nitrogen and oxygen atoms in total. The molecule has 2 heterocycles. The zero-order valence-corrected chi connectivity index (χ0v) is 9.05. The monoisotopic (exact) mass is 216 g/mol. The molecule has 0 fully saturated rings. The molecule has 2 aromatic heterocycles. The summed E-state index contributed by atoms with van der Waals surface area (Å²) in [6.07, 6.45) is 0. The SMILES string of the molecule is Cc1ccsc1Cl.c1ccsc1. The van der Waals surface area contributed by atoms with E-state index in [0.29, 0.717) is 0 Å². The molecule has 3 heteroatoms. The van der Waals surface area contributed by atoms with Crippen molar-refractivity contribution in [3.05, 3.63) is 44.2 Å². The summed E-state index contributed by atoms with van der Waals surface area (Å²) in [6, 6.07) is 6.04. The van der Waals surface area contributed by atoms with Crippen molar-refractivity contribution in [2.75, 3.05) is 0 Å². The van der Waals surface area contributed by atoms with Crippen molar-refractivity contribution in [2.45, 2.75) is 6.92 Å². The smallest absolute Gasteiger partial charge is 0.0957 e. The third kappa shape index (κ3) is 3.39. The highest BCUT2D eigenvalue weighted by atomic mass is 35.5. The first-order chi connectivity index (χ1) is 5.80. The minimum absolute atomic E-state index is 0.903.